The number of hydrogen-bond donors (Lipinski definition) is 2. The van der Waals surface area contributed by atoms with Crippen molar-refractivity contribution < 1.29 is 4.79 Å². The van der Waals surface area contributed by atoms with Crippen molar-refractivity contribution in [1.29, 1.82) is 0 Å². The van der Waals surface area contributed by atoms with Crippen LogP contribution in [0.4, 0.5) is 0 Å². The molecule has 0 bridgehead atoms. The third-order valence-corrected chi connectivity index (χ3v) is 3.30. The smallest absolute Gasteiger partial charge is 0.225 e. The molecule has 0 aliphatic rings. The van der Waals surface area contributed by atoms with Crippen LogP contribution in [0.5, 0.6) is 0 Å². The van der Waals surface area contributed by atoms with Crippen LogP contribution in [0.25, 0.3) is 0 Å². The van der Waals surface area contributed by atoms with Gasteiger partial charge in [0.15, 0.2) is 0 Å². The highest BCUT2D eigenvalue weighted by molar-refractivity contribution is 5.79. The van der Waals surface area contributed by atoms with Gasteiger partial charge in [-0.05, 0) is 26.3 Å². The zero-order valence-electron chi connectivity index (χ0n) is 11.5. The molecule has 4 nitrogen and oxygen atoms in total. The second kappa shape index (κ2) is 5.69. The molecule has 100 valence electrons. The summed E-state index contributed by atoms with van der Waals surface area (Å²) in [4.78, 5) is 12.0. The van der Waals surface area contributed by atoms with Gasteiger partial charge in [0, 0.05) is 11.3 Å². The zero-order valence-corrected chi connectivity index (χ0v) is 11.5. The van der Waals surface area contributed by atoms with E-state index in [0.29, 0.717) is 6.42 Å². The zero-order chi connectivity index (χ0) is 13.8. The van der Waals surface area contributed by atoms with Crippen molar-refractivity contribution in [2.45, 2.75) is 33.2 Å². The molecule has 19 heavy (non-hydrogen) atoms. The minimum Gasteiger partial charge on any atom is -0.349 e. The van der Waals surface area contributed by atoms with E-state index in [1.165, 1.54) is 0 Å². The molecule has 4 heteroatoms. The van der Waals surface area contributed by atoms with Crippen LogP contribution in [0.2, 0.25) is 0 Å². The summed E-state index contributed by atoms with van der Waals surface area (Å²) >= 11 is 0. The number of carbonyl (C=O) groups excluding carboxylic acids is 1. The Morgan fingerprint density at radius 1 is 1.32 bits per heavy atom. The summed E-state index contributed by atoms with van der Waals surface area (Å²) in [6.45, 7) is 5.83. The lowest BCUT2D eigenvalue weighted by Crippen LogP contribution is -2.28. The standard InChI is InChI=1S/C15H19N3O/c1-10(13-7-5-4-6-8-13)16-15(19)9-14-11(2)17-18-12(14)3/h4-8,10H,9H2,1-3H3,(H,16,19)(H,17,18). The lowest BCUT2D eigenvalue weighted by molar-refractivity contribution is -0.121. The van der Waals surface area contributed by atoms with Crippen LogP contribution in [0.1, 0.15) is 35.5 Å². The quantitative estimate of drug-likeness (QED) is 0.884. The van der Waals surface area contributed by atoms with Crippen LogP contribution in [0.15, 0.2) is 30.3 Å². The first-order chi connectivity index (χ1) is 9.08. The molecule has 0 saturated carbocycles. The molecule has 0 aliphatic carbocycles. The van der Waals surface area contributed by atoms with Gasteiger partial charge < -0.3 is 5.32 Å². The Kier molecular flexibility index (Phi) is 4.00. The van der Waals surface area contributed by atoms with Gasteiger partial charge in [-0.1, -0.05) is 30.3 Å². The normalized spacial score (nSPS) is 12.2. The summed E-state index contributed by atoms with van der Waals surface area (Å²) in [5.41, 5.74) is 3.94. The predicted molar refractivity (Wildman–Crippen MR) is 74.8 cm³/mol. The molecule has 1 unspecified atom stereocenters. The van der Waals surface area contributed by atoms with Gasteiger partial charge in [-0.2, -0.15) is 5.10 Å². The number of carbonyl (C=O) groups is 1. The number of nitrogens with zero attached hydrogens (tertiary/aromatic N) is 1. The predicted octanol–water partition coefficient (Wildman–Crippen LogP) is 2.45. The highest BCUT2D eigenvalue weighted by atomic mass is 16.1. The molecule has 2 N–H and O–H groups in total. The summed E-state index contributed by atoms with van der Waals surface area (Å²) in [5.74, 6) is 0.0175. The minimum atomic E-state index is 0.0150. The second-order valence-corrected chi connectivity index (χ2v) is 4.79. The summed E-state index contributed by atoms with van der Waals surface area (Å²) in [5, 5.41) is 10.0. The average molecular weight is 257 g/mol. The monoisotopic (exact) mass is 257 g/mol. The van der Waals surface area contributed by atoms with Gasteiger partial charge in [0.1, 0.15) is 0 Å². The summed E-state index contributed by atoms with van der Waals surface area (Å²) in [6, 6.07) is 9.96. The Balaban J connectivity index is 1.99. The van der Waals surface area contributed by atoms with Gasteiger partial charge in [0.2, 0.25) is 5.91 Å². The number of H-pyrrole nitrogens is 1. The van der Waals surface area contributed by atoms with Crippen molar-refractivity contribution in [3.8, 4) is 0 Å². The van der Waals surface area contributed by atoms with E-state index in [1.807, 2.05) is 51.1 Å². The van der Waals surface area contributed by atoms with E-state index in [0.717, 1.165) is 22.5 Å². The molecule has 0 radical (unpaired) electrons. The minimum absolute atomic E-state index is 0.0150. The van der Waals surface area contributed by atoms with E-state index < -0.39 is 0 Å². The van der Waals surface area contributed by atoms with Gasteiger partial charge in [-0.3, -0.25) is 9.89 Å². The number of aromatic amines is 1. The molecule has 1 atom stereocenters. The molecule has 1 amide bonds. The molecule has 2 rings (SSSR count). The van der Waals surface area contributed by atoms with Crippen molar-refractivity contribution in [3.05, 3.63) is 52.8 Å². The van der Waals surface area contributed by atoms with Gasteiger partial charge in [-0.25, -0.2) is 0 Å². The Hall–Kier alpha value is -2.10. The Morgan fingerprint density at radius 3 is 2.58 bits per heavy atom. The molecule has 2 aromatic rings. The van der Waals surface area contributed by atoms with E-state index in [2.05, 4.69) is 15.5 Å². The topological polar surface area (TPSA) is 57.8 Å². The Morgan fingerprint density at radius 2 is 2.00 bits per heavy atom. The molecule has 1 aromatic carbocycles. The number of aromatic nitrogens is 2. The SMILES string of the molecule is Cc1n[nH]c(C)c1CC(=O)NC(C)c1ccccc1. The van der Waals surface area contributed by atoms with Crippen LogP contribution in [-0.2, 0) is 11.2 Å². The van der Waals surface area contributed by atoms with Crippen LogP contribution >= 0.6 is 0 Å². The fourth-order valence-corrected chi connectivity index (χ4v) is 2.11. The Labute approximate surface area is 113 Å². The number of hydrogen-bond acceptors (Lipinski definition) is 2. The van der Waals surface area contributed by atoms with Crippen molar-refractivity contribution in [3.63, 3.8) is 0 Å². The molecule has 1 aromatic heterocycles. The first-order valence-electron chi connectivity index (χ1n) is 6.42. The van der Waals surface area contributed by atoms with Crippen molar-refractivity contribution in [1.82, 2.24) is 15.5 Å². The maximum absolute atomic E-state index is 12.0. The van der Waals surface area contributed by atoms with Crippen molar-refractivity contribution in [2.75, 3.05) is 0 Å². The van der Waals surface area contributed by atoms with Crippen molar-refractivity contribution in [2.24, 2.45) is 0 Å². The van der Waals surface area contributed by atoms with Crippen LogP contribution in [-0.4, -0.2) is 16.1 Å². The molecule has 1 heterocycles. The maximum Gasteiger partial charge on any atom is 0.225 e. The summed E-state index contributed by atoms with van der Waals surface area (Å²) < 4.78 is 0. The van der Waals surface area contributed by atoms with Gasteiger partial charge in [0.05, 0.1) is 18.2 Å². The first kappa shape index (κ1) is 13.3. The molecular weight excluding hydrogens is 238 g/mol. The lowest BCUT2D eigenvalue weighted by Gasteiger charge is -2.14. The number of rotatable bonds is 4. The van der Waals surface area contributed by atoms with E-state index in [1.54, 1.807) is 0 Å². The average Bonchev–Trinajstić information content (AvgIpc) is 2.71. The molecule has 0 saturated heterocycles. The number of benzene rings is 1. The third kappa shape index (κ3) is 3.22. The van der Waals surface area contributed by atoms with Crippen molar-refractivity contribution >= 4 is 5.91 Å². The first-order valence-corrected chi connectivity index (χ1v) is 6.42. The van der Waals surface area contributed by atoms with Gasteiger partial charge >= 0.3 is 0 Å². The largest absolute Gasteiger partial charge is 0.349 e. The van der Waals surface area contributed by atoms with E-state index in [9.17, 15) is 4.79 Å². The van der Waals surface area contributed by atoms with Gasteiger partial charge in [-0.15, -0.1) is 0 Å². The molecule has 0 fully saturated rings. The molecule has 0 spiro atoms. The second-order valence-electron chi connectivity index (χ2n) is 4.79. The van der Waals surface area contributed by atoms with Gasteiger partial charge in [0.25, 0.3) is 0 Å². The number of amides is 1. The van der Waals surface area contributed by atoms with Crippen LogP contribution in [0, 0.1) is 13.8 Å². The highest BCUT2D eigenvalue weighted by Crippen LogP contribution is 2.13. The third-order valence-electron chi connectivity index (χ3n) is 3.30. The highest BCUT2D eigenvalue weighted by Gasteiger charge is 2.13. The van der Waals surface area contributed by atoms with Crippen LogP contribution < -0.4 is 5.32 Å². The maximum atomic E-state index is 12.0. The van der Waals surface area contributed by atoms with E-state index >= 15 is 0 Å². The fraction of sp³-hybridized carbons (Fsp3) is 0.333. The summed E-state index contributed by atoms with van der Waals surface area (Å²) in [7, 11) is 0. The Bertz CT molecular complexity index is 541. The van der Waals surface area contributed by atoms with E-state index in [4.69, 9.17) is 0 Å². The lowest BCUT2D eigenvalue weighted by atomic mass is 10.1. The van der Waals surface area contributed by atoms with Crippen LogP contribution in [0.3, 0.4) is 0 Å². The number of aryl methyl sites for hydroxylation is 2. The summed E-state index contributed by atoms with van der Waals surface area (Å²) in [6.07, 6.45) is 0.366. The molecular formula is C15H19N3O. The fourth-order valence-electron chi connectivity index (χ4n) is 2.11. The van der Waals surface area contributed by atoms with E-state index in [-0.39, 0.29) is 11.9 Å². The number of nitrogens with one attached hydrogen (secondary N) is 2. The molecule has 0 aliphatic heterocycles.